The van der Waals surface area contributed by atoms with E-state index in [4.69, 9.17) is 9.73 Å². The molecule has 4 rings (SSSR count). The van der Waals surface area contributed by atoms with E-state index in [0.29, 0.717) is 47.8 Å². The van der Waals surface area contributed by atoms with E-state index in [1.54, 1.807) is 16.1 Å². The fourth-order valence-electron chi connectivity index (χ4n) is 6.96. The first-order valence-electron chi connectivity index (χ1n) is 13.7. The number of nitrogens with zero attached hydrogens (tertiary/aromatic N) is 2. The average Bonchev–Trinajstić information content (AvgIpc) is 3.04. The van der Waals surface area contributed by atoms with Crippen LogP contribution in [0.5, 0.6) is 0 Å². The first kappa shape index (κ1) is 26.9. The van der Waals surface area contributed by atoms with E-state index >= 15 is 0 Å². The van der Waals surface area contributed by atoms with Gasteiger partial charge in [0.05, 0.1) is 17.2 Å². The number of aliphatic imine (C=N–C) groups is 1. The Morgan fingerprint density at radius 3 is 2.41 bits per heavy atom. The molecule has 1 spiro atoms. The van der Waals surface area contributed by atoms with Gasteiger partial charge >= 0.3 is 0 Å². The molecule has 4 aliphatic rings. The van der Waals surface area contributed by atoms with Crippen molar-refractivity contribution in [2.24, 2.45) is 27.7 Å². The van der Waals surface area contributed by atoms with Crippen LogP contribution in [0, 0.1) is 22.7 Å². The standard InChI is InChI=1S/C27H48N2O3S2/c1-9-24(29-27(34(29,30)31)15-14-21-23(17-27)33-18(4)28-21)32-22-13-12-19(25(5,6)10-2)16-20(22)26(7,8)11-3/h19-24H,9-17H2,1-8H3. The largest absolute Gasteiger partial charge is 0.359 e. The summed E-state index contributed by atoms with van der Waals surface area (Å²) in [6.45, 7) is 18.3. The number of rotatable bonds is 8. The molecule has 0 bridgehead atoms. The van der Waals surface area contributed by atoms with Crippen molar-refractivity contribution in [1.82, 2.24) is 4.31 Å². The van der Waals surface area contributed by atoms with Gasteiger partial charge in [-0.3, -0.25) is 4.99 Å². The summed E-state index contributed by atoms with van der Waals surface area (Å²) in [4.78, 5) is 4.03. The SMILES string of the molecule is CCC(OC1CCC(C(C)(C)CC)CC1C(C)(C)CC)N1C2(CCC3N=C(C)SC3C2)S1(=O)=O. The zero-order valence-electron chi connectivity index (χ0n) is 22.8. The topological polar surface area (TPSA) is 58.7 Å². The van der Waals surface area contributed by atoms with Crippen molar-refractivity contribution in [3.63, 3.8) is 0 Å². The summed E-state index contributed by atoms with van der Waals surface area (Å²) in [5.74, 6) is 1.15. The van der Waals surface area contributed by atoms with E-state index in [9.17, 15) is 8.42 Å². The molecule has 7 heteroatoms. The number of ether oxygens (including phenoxy) is 1. The van der Waals surface area contributed by atoms with Gasteiger partial charge in [-0.05, 0) is 74.5 Å². The lowest BCUT2D eigenvalue weighted by atomic mass is 9.60. The monoisotopic (exact) mass is 512 g/mol. The Labute approximate surface area is 213 Å². The van der Waals surface area contributed by atoms with Crippen LogP contribution in [0.3, 0.4) is 0 Å². The molecule has 8 unspecified atom stereocenters. The highest BCUT2D eigenvalue weighted by atomic mass is 32.2. The van der Waals surface area contributed by atoms with E-state index < -0.39 is 14.9 Å². The van der Waals surface area contributed by atoms with Crippen molar-refractivity contribution < 1.29 is 13.2 Å². The second kappa shape index (κ2) is 9.33. The molecule has 2 aliphatic heterocycles. The Kier molecular flexibility index (Phi) is 7.39. The van der Waals surface area contributed by atoms with Gasteiger partial charge in [0, 0.05) is 5.25 Å². The van der Waals surface area contributed by atoms with Crippen LogP contribution in [0.4, 0.5) is 0 Å². The molecule has 2 heterocycles. The van der Waals surface area contributed by atoms with E-state index in [1.807, 2.05) is 0 Å². The predicted octanol–water partition coefficient (Wildman–Crippen LogP) is 6.82. The molecule has 2 saturated carbocycles. The maximum absolute atomic E-state index is 13.5. The summed E-state index contributed by atoms with van der Waals surface area (Å²) in [7, 11) is -3.29. The highest BCUT2D eigenvalue weighted by molar-refractivity contribution is 8.14. The Hall–Kier alpha value is -0.110. The first-order valence-corrected chi connectivity index (χ1v) is 16.1. The van der Waals surface area contributed by atoms with Crippen LogP contribution in [0.1, 0.15) is 113 Å². The molecule has 196 valence electrons. The quantitative estimate of drug-likeness (QED) is 0.335. The highest BCUT2D eigenvalue weighted by Crippen LogP contribution is 2.59. The van der Waals surface area contributed by atoms with Gasteiger partial charge in [-0.1, -0.05) is 61.3 Å². The van der Waals surface area contributed by atoms with E-state index in [-0.39, 0.29) is 17.7 Å². The summed E-state index contributed by atoms with van der Waals surface area (Å²) < 4.78 is 35.5. The fraction of sp³-hybridized carbons (Fsp3) is 0.963. The minimum atomic E-state index is -3.29. The van der Waals surface area contributed by atoms with Gasteiger partial charge in [0.15, 0.2) is 4.87 Å². The fourth-order valence-corrected chi connectivity index (χ4v) is 10.8. The second-order valence-corrected chi connectivity index (χ2v) is 16.2. The maximum atomic E-state index is 13.5. The molecule has 2 aliphatic carbocycles. The van der Waals surface area contributed by atoms with Crippen LogP contribution in [0.25, 0.3) is 0 Å². The summed E-state index contributed by atoms with van der Waals surface area (Å²) in [6, 6.07) is 0.293. The van der Waals surface area contributed by atoms with Crippen molar-refractivity contribution in [1.29, 1.82) is 0 Å². The van der Waals surface area contributed by atoms with Crippen molar-refractivity contribution in [3.8, 4) is 0 Å². The Morgan fingerprint density at radius 2 is 1.79 bits per heavy atom. The first-order chi connectivity index (χ1) is 15.8. The highest BCUT2D eigenvalue weighted by Gasteiger charge is 2.74. The molecule has 8 atom stereocenters. The van der Waals surface area contributed by atoms with Gasteiger partial charge in [-0.2, -0.15) is 4.31 Å². The summed E-state index contributed by atoms with van der Waals surface area (Å²) >= 11 is 1.78. The molecule has 0 N–H and O–H groups in total. The number of hydrogen-bond acceptors (Lipinski definition) is 5. The predicted molar refractivity (Wildman–Crippen MR) is 144 cm³/mol. The van der Waals surface area contributed by atoms with E-state index in [0.717, 1.165) is 24.3 Å². The van der Waals surface area contributed by atoms with Gasteiger partial charge < -0.3 is 4.74 Å². The number of hydrogen-bond donors (Lipinski definition) is 0. The zero-order chi connectivity index (χ0) is 25.1. The number of sulfonamides is 1. The van der Waals surface area contributed by atoms with Gasteiger partial charge in [0.25, 0.3) is 0 Å². The molecule has 1 saturated heterocycles. The molecular formula is C27H48N2O3S2. The van der Waals surface area contributed by atoms with Crippen LogP contribution < -0.4 is 0 Å². The Bertz CT molecular complexity index is 900. The molecule has 0 aromatic rings. The van der Waals surface area contributed by atoms with Crippen molar-refractivity contribution in [2.75, 3.05) is 0 Å². The summed E-state index contributed by atoms with van der Waals surface area (Å²) in [5, 5.41) is 1.40. The molecule has 5 nitrogen and oxygen atoms in total. The minimum absolute atomic E-state index is 0.124. The molecular weight excluding hydrogens is 464 g/mol. The van der Waals surface area contributed by atoms with Crippen LogP contribution >= 0.6 is 11.8 Å². The average molecular weight is 513 g/mol. The van der Waals surface area contributed by atoms with Gasteiger partial charge in [-0.25, -0.2) is 8.42 Å². The lowest BCUT2D eigenvalue weighted by Crippen LogP contribution is -2.46. The third-order valence-corrected chi connectivity index (χ3v) is 13.9. The second-order valence-electron chi connectivity index (χ2n) is 12.7. The van der Waals surface area contributed by atoms with Crippen LogP contribution in [0.2, 0.25) is 0 Å². The zero-order valence-corrected chi connectivity index (χ0v) is 24.4. The normalized spacial score (nSPS) is 40.6. The minimum Gasteiger partial charge on any atom is -0.359 e. The molecule has 3 fully saturated rings. The Morgan fingerprint density at radius 1 is 1.12 bits per heavy atom. The van der Waals surface area contributed by atoms with E-state index in [1.165, 1.54) is 19.3 Å². The molecule has 34 heavy (non-hydrogen) atoms. The molecule has 0 amide bonds. The third-order valence-electron chi connectivity index (χ3n) is 10.2. The van der Waals surface area contributed by atoms with Gasteiger partial charge in [0.1, 0.15) is 6.23 Å². The third kappa shape index (κ3) is 4.43. The number of thioether (sulfide) groups is 1. The molecule has 0 aromatic heterocycles. The summed E-state index contributed by atoms with van der Waals surface area (Å²) in [6.07, 6.45) is 8.42. The smallest absolute Gasteiger partial charge is 0.238 e. The van der Waals surface area contributed by atoms with Crippen molar-refractivity contribution >= 4 is 26.8 Å². The Balaban J connectivity index is 1.52. The molecule has 0 radical (unpaired) electrons. The number of fused-ring (bicyclic) bond motifs is 1. The van der Waals surface area contributed by atoms with Gasteiger partial charge in [0.2, 0.25) is 10.0 Å². The van der Waals surface area contributed by atoms with Crippen molar-refractivity contribution in [2.45, 2.75) is 142 Å². The van der Waals surface area contributed by atoms with Crippen LogP contribution in [0.15, 0.2) is 4.99 Å². The van der Waals surface area contributed by atoms with Gasteiger partial charge in [-0.15, -0.1) is 11.8 Å². The lowest BCUT2D eigenvalue weighted by Gasteiger charge is -2.49. The van der Waals surface area contributed by atoms with Crippen LogP contribution in [-0.2, 0) is 14.8 Å². The van der Waals surface area contributed by atoms with Crippen LogP contribution in [-0.4, -0.2) is 46.3 Å². The van der Waals surface area contributed by atoms with E-state index in [2.05, 4.69) is 55.4 Å². The maximum Gasteiger partial charge on any atom is 0.238 e. The summed E-state index contributed by atoms with van der Waals surface area (Å²) in [5.41, 5.74) is 0.511. The van der Waals surface area contributed by atoms with Crippen molar-refractivity contribution in [3.05, 3.63) is 0 Å². The molecule has 0 aromatic carbocycles. The lowest BCUT2D eigenvalue weighted by molar-refractivity contribution is -0.138.